The fourth-order valence-corrected chi connectivity index (χ4v) is 6.25. The highest BCUT2D eigenvalue weighted by Crippen LogP contribution is 2.25. The van der Waals surface area contributed by atoms with Crippen molar-refractivity contribution in [3.63, 3.8) is 0 Å². The van der Waals surface area contributed by atoms with Crippen LogP contribution in [0.4, 0.5) is 35.8 Å². The largest absolute Gasteiger partial charge is 0.481 e. The molecule has 2 unspecified atom stereocenters. The minimum atomic E-state index is -4.05. The number of aromatic nitrogens is 2. The molecule has 0 aliphatic carbocycles. The average molecular weight is 858 g/mol. The molecule has 0 saturated carbocycles. The van der Waals surface area contributed by atoms with Crippen LogP contribution in [0.15, 0.2) is 77.8 Å². The number of amides is 2. The molecule has 17 nitrogen and oxygen atoms in total. The Kier molecular flexibility index (Phi) is 17.5. The van der Waals surface area contributed by atoms with Gasteiger partial charge in [0.2, 0.25) is 5.95 Å². The number of hydrogen-bond donors (Lipinski definition) is 4. The van der Waals surface area contributed by atoms with Crippen molar-refractivity contribution in [3.05, 3.63) is 95.7 Å². The SMILES string of the molecule is CC(C(=O)O)c1ccc(OC(=O)N(C)C)cc1.CCN(CC)c1ncc(NCCS(=O)(=O)c2cc(F)cc(F)c2)c(NC(Cc2ccc(OC(=O)N(C)C)cc2)C(=O)O)n1. The third kappa shape index (κ3) is 14.4. The fourth-order valence-electron chi connectivity index (χ4n) is 5.06. The zero-order chi connectivity index (χ0) is 44.7. The van der Waals surface area contributed by atoms with E-state index in [-0.39, 0.29) is 24.5 Å². The minimum Gasteiger partial charge on any atom is -0.481 e. The van der Waals surface area contributed by atoms with Crippen molar-refractivity contribution in [1.82, 2.24) is 19.8 Å². The average Bonchev–Trinajstić information content (AvgIpc) is 3.19. The molecular weight excluding hydrogens is 809 g/mol. The molecular formula is C40H49F2N7O10S. The Balaban J connectivity index is 0.000000472. The molecule has 0 bridgehead atoms. The Labute approximate surface area is 346 Å². The monoisotopic (exact) mass is 857 g/mol. The van der Waals surface area contributed by atoms with Crippen LogP contribution in [0.2, 0.25) is 0 Å². The molecule has 2 amide bonds. The summed E-state index contributed by atoms with van der Waals surface area (Å²) in [6.45, 7) is 6.39. The van der Waals surface area contributed by atoms with Gasteiger partial charge in [0.15, 0.2) is 15.7 Å². The number of anilines is 3. The van der Waals surface area contributed by atoms with E-state index in [9.17, 15) is 41.5 Å². The van der Waals surface area contributed by atoms with Gasteiger partial charge in [0, 0.05) is 60.3 Å². The number of halogens is 2. The number of rotatable bonds is 17. The third-order valence-corrected chi connectivity index (χ3v) is 10.3. The van der Waals surface area contributed by atoms with Gasteiger partial charge in [-0.05, 0) is 68.3 Å². The summed E-state index contributed by atoms with van der Waals surface area (Å²) in [5, 5.41) is 24.6. The maximum Gasteiger partial charge on any atom is 0.414 e. The van der Waals surface area contributed by atoms with E-state index in [1.807, 2.05) is 18.7 Å². The molecule has 4 aromatic rings. The second-order valence-corrected chi connectivity index (χ2v) is 15.6. The van der Waals surface area contributed by atoms with Crippen LogP contribution in [0, 0.1) is 11.6 Å². The van der Waals surface area contributed by atoms with E-state index in [0.29, 0.717) is 47.7 Å². The van der Waals surface area contributed by atoms with Crippen molar-refractivity contribution in [2.75, 3.05) is 69.1 Å². The molecule has 0 spiro atoms. The van der Waals surface area contributed by atoms with E-state index < -0.39 is 68.2 Å². The van der Waals surface area contributed by atoms with Crippen LogP contribution < -0.4 is 25.0 Å². The lowest BCUT2D eigenvalue weighted by Crippen LogP contribution is -2.33. The molecule has 3 aromatic carbocycles. The summed E-state index contributed by atoms with van der Waals surface area (Å²) in [6, 6.07) is 13.7. The van der Waals surface area contributed by atoms with Gasteiger partial charge >= 0.3 is 24.1 Å². The van der Waals surface area contributed by atoms with E-state index in [2.05, 4.69) is 20.6 Å². The predicted octanol–water partition coefficient (Wildman–Crippen LogP) is 5.59. The van der Waals surface area contributed by atoms with Crippen molar-refractivity contribution in [2.45, 2.75) is 44.0 Å². The Bertz CT molecular complexity index is 2190. The number of sulfone groups is 1. The summed E-state index contributed by atoms with van der Waals surface area (Å²) in [6.07, 6.45) is 0.413. The molecule has 0 aliphatic rings. The summed E-state index contributed by atoms with van der Waals surface area (Å²) in [5.41, 5.74) is 1.53. The molecule has 1 aromatic heterocycles. The fraction of sp³-hybridized carbons (Fsp3) is 0.350. The van der Waals surface area contributed by atoms with Crippen LogP contribution >= 0.6 is 0 Å². The van der Waals surface area contributed by atoms with E-state index in [1.165, 1.54) is 16.0 Å². The van der Waals surface area contributed by atoms with Crippen LogP contribution in [-0.4, -0.2) is 122 Å². The molecule has 0 radical (unpaired) electrons. The summed E-state index contributed by atoms with van der Waals surface area (Å²) < 4.78 is 62.7. The molecule has 4 rings (SSSR count). The van der Waals surface area contributed by atoms with Crippen LogP contribution in [0.25, 0.3) is 0 Å². The number of nitrogens with zero attached hydrogens (tertiary/aromatic N) is 5. The zero-order valence-electron chi connectivity index (χ0n) is 34.2. The number of hydrogen-bond acceptors (Lipinski definition) is 13. The number of ether oxygens (including phenoxy) is 2. The predicted molar refractivity (Wildman–Crippen MR) is 220 cm³/mol. The van der Waals surface area contributed by atoms with Gasteiger partial charge in [-0.2, -0.15) is 4.98 Å². The van der Waals surface area contributed by atoms with Crippen LogP contribution in [-0.2, 0) is 25.8 Å². The summed E-state index contributed by atoms with van der Waals surface area (Å²) in [5.74, 6) is -4.03. The molecule has 0 saturated heterocycles. The van der Waals surface area contributed by atoms with Crippen molar-refractivity contribution in [2.24, 2.45) is 0 Å². The molecule has 0 aliphatic heterocycles. The van der Waals surface area contributed by atoms with Crippen molar-refractivity contribution in [3.8, 4) is 11.5 Å². The van der Waals surface area contributed by atoms with Gasteiger partial charge in [-0.3, -0.25) is 4.79 Å². The van der Waals surface area contributed by atoms with E-state index in [4.69, 9.17) is 14.6 Å². The number of benzene rings is 3. The minimum absolute atomic E-state index is 0.0286. The van der Waals surface area contributed by atoms with E-state index in [1.54, 1.807) is 83.6 Å². The van der Waals surface area contributed by atoms with Gasteiger partial charge in [0.1, 0.15) is 29.2 Å². The highest BCUT2D eigenvalue weighted by atomic mass is 32.2. The molecule has 2 atom stereocenters. The first-order valence-electron chi connectivity index (χ1n) is 18.5. The quantitative estimate of drug-likeness (QED) is 0.102. The lowest BCUT2D eigenvalue weighted by atomic mass is 10.0. The lowest BCUT2D eigenvalue weighted by Gasteiger charge is -2.22. The molecule has 324 valence electrons. The van der Waals surface area contributed by atoms with Gasteiger partial charge in [-0.1, -0.05) is 24.3 Å². The lowest BCUT2D eigenvalue weighted by molar-refractivity contribution is -0.139. The number of carbonyl (C=O) groups excluding carboxylic acids is 2. The Morgan fingerprint density at radius 1 is 0.800 bits per heavy atom. The number of carboxylic acid groups (broad SMARTS) is 2. The first-order valence-corrected chi connectivity index (χ1v) is 20.1. The number of aliphatic carboxylic acids is 2. The maximum atomic E-state index is 13.6. The van der Waals surface area contributed by atoms with Crippen LogP contribution in [0.1, 0.15) is 37.8 Å². The van der Waals surface area contributed by atoms with E-state index >= 15 is 0 Å². The van der Waals surface area contributed by atoms with Crippen molar-refractivity contribution >= 4 is 51.4 Å². The van der Waals surface area contributed by atoms with Gasteiger partial charge in [-0.25, -0.2) is 36.6 Å². The maximum absolute atomic E-state index is 13.6. The van der Waals surface area contributed by atoms with Gasteiger partial charge in [0.25, 0.3) is 0 Å². The Hall–Kier alpha value is -6.57. The number of nitrogens with one attached hydrogen (secondary N) is 2. The number of carbonyl (C=O) groups is 4. The third-order valence-electron chi connectivity index (χ3n) is 8.57. The summed E-state index contributed by atoms with van der Waals surface area (Å²) >= 11 is 0. The highest BCUT2D eigenvalue weighted by Gasteiger charge is 2.23. The normalized spacial score (nSPS) is 11.8. The first-order chi connectivity index (χ1) is 28.2. The molecule has 1 heterocycles. The Morgan fingerprint density at radius 3 is 1.78 bits per heavy atom. The van der Waals surface area contributed by atoms with Crippen LogP contribution in [0.5, 0.6) is 11.5 Å². The van der Waals surface area contributed by atoms with Crippen molar-refractivity contribution < 1.29 is 56.1 Å². The Morgan fingerprint density at radius 2 is 1.32 bits per heavy atom. The number of carboxylic acids is 2. The summed E-state index contributed by atoms with van der Waals surface area (Å²) in [4.78, 5) is 58.8. The van der Waals surface area contributed by atoms with Gasteiger partial charge in [0.05, 0.1) is 28.5 Å². The zero-order valence-corrected chi connectivity index (χ0v) is 35.0. The molecule has 20 heteroatoms. The molecule has 4 N–H and O–H groups in total. The molecule has 0 fully saturated rings. The standard InChI is InChI=1S/C28H34F2N6O6S.C12H15NO4/c1-5-36(6-2)27-32-17-24(31-11-12-43(40,41)22-15-19(29)14-20(30)16-22)25(34-27)33-23(26(37)38)13-18-7-9-21(10-8-18)42-28(39)35(3)4;1-8(11(14)15)9-4-6-10(7-5-9)17-12(16)13(2)3/h7-10,14-17,23,31H,5-6,11-13H2,1-4H3,(H,37,38)(H,32,33,34);4-8H,1-3H3,(H,14,15). The van der Waals surface area contributed by atoms with Gasteiger partial charge < -0.3 is 45.0 Å². The van der Waals surface area contributed by atoms with Crippen molar-refractivity contribution in [1.29, 1.82) is 0 Å². The second kappa shape index (κ2) is 22.0. The highest BCUT2D eigenvalue weighted by molar-refractivity contribution is 7.91. The second-order valence-electron chi connectivity index (χ2n) is 13.5. The molecule has 60 heavy (non-hydrogen) atoms. The van der Waals surface area contributed by atoms with Gasteiger partial charge in [-0.15, -0.1) is 0 Å². The smallest absolute Gasteiger partial charge is 0.414 e. The van der Waals surface area contributed by atoms with Crippen LogP contribution in [0.3, 0.4) is 0 Å². The first kappa shape index (κ1) is 47.8. The van der Waals surface area contributed by atoms with E-state index in [0.717, 1.165) is 12.1 Å². The summed E-state index contributed by atoms with van der Waals surface area (Å²) in [7, 11) is 2.22. The topological polar surface area (TPSA) is 221 Å².